The van der Waals surface area contributed by atoms with Crippen molar-refractivity contribution in [2.24, 2.45) is 0 Å². The van der Waals surface area contributed by atoms with Crippen LogP contribution in [0, 0.1) is 6.92 Å². The standard InChI is InChI=1S/C17H28N2/c1-4-7-17-13-19(15(3)10-11-18-17)12-16-9-6-5-8-14(16)2/h5-6,8-9,15,17-18H,4,7,10-13H2,1-3H3. The molecule has 2 rings (SSSR count). The largest absolute Gasteiger partial charge is 0.313 e. The maximum absolute atomic E-state index is 3.70. The summed E-state index contributed by atoms with van der Waals surface area (Å²) in [5, 5.41) is 3.70. The van der Waals surface area contributed by atoms with Gasteiger partial charge in [0.2, 0.25) is 0 Å². The molecule has 0 spiro atoms. The van der Waals surface area contributed by atoms with Gasteiger partial charge in [-0.3, -0.25) is 4.90 Å². The van der Waals surface area contributed by atoms with Crippen molar-refractivity contribution in [1.29, 1.82) is 0 Å². The molecule has 1 aliphatic rings. The van der Waals surface area contributed by atoms with Crippen LogP contribution >= 0.6 is 0 Å². The monoisotopic (exact) mass is 260 g/mol. The molecule has 1 aromatic rings. The van der Waals surface area contributed by atoms with Gasteiger partial charge >= 0.3 is 0 Å². The second-order valence-corrected chi connectivity index (χ2v) is 5.93. The van der Waals surface area contributed by atoms with E-state index in [4.69, 9.17) is 0 Å². The molecule has 1 aliphatic heterocycles. The highest BCUT2D eigenvalue weighted by atomic mass is 15.2. The van der Waals surface area contributed by atoms with E-state index in [2.05, 4.69) is 55.3 Å². The maximum atomic E-state index is 3.70. The Morgan fingerprint density at radius 2 is 2.11 bits per heavy atom. The van der Waals surface area contributed by atoms with E-state index in [1.54, 1.807) is 0 Å². The van der Waals surface area contributed by atoms with Crippen LogP contribution in [0.1, 0.15) is 44.2 Å². The van der Waals surface area contributed by atoms with Crippen LogP contribution in [0.15, 0.2) is 24.3 Å². The van der Waals surface area contributed by atoms with E-state index in [1.165, 1.54) is 36.9 Å². The van der Waals surface area contributed by atoms with Crippen molar-refractivity contribution in [1.82, 2.24) is 10.2 Å². The van der Waals surface area contributed by atoms with Crippen LogP contribution in [0.25, 0.3) is 0 Å². The first kappa shape index (κ1) is 14.5. The van der Waals surface area contributed by atoms with E-state index in [0.29, 0.717) is 12.1 Å². The van der Waals surface area contributed by atoms with Gasteiger partial charge in [0.15, 0.2) is 0 Å². The lowest BCUT2D eigenvalue weighted by atomic mass is 10.1. The molecule has 0 radical (unpaired) electrons. The highest BCUT2D eigenvalue weighted by Crippen LogP contribution is 2.17. The third-order valence-electron chi connectivity index (χ3n) is 4.35. The zero-order valence-electron chi connectivity index (χ0n) is 12.7. The van der Waals surface area contributed by atoms with Crippen molar-refractivity contribution in [3.8, 4) is 0 Å². The molecule has 1 N–H and O–H groups in total. The van der Waals surface area contributed by atoms with E-state index >= 15 is 0 Å². The summed E-state index contributed by atoms with van der Waals surface area (Å²) < 4.78 is 0. The fourth-order valence-electron chi connectivity index (χ4n) is 2.97. The molecule has 1 fully saturated rings. The lowest BCUT2D eigenvalue weighted by Gasteiger charge is -2.29. The van der Waals surface area contributed by atoms with Crippen LogP contribution in [-0.4, -0.2) is 30.1 Å². The molecule has 1 aromatic carbocycles. The molecular weight excluding hydrogens is 232 g/mol. The van der Waals surface area contributed by atoms with Crippen LogP contribution in [-0.2, 0) is 6.54 Å². The quantitative estimate of drug-likeness (QED) is 0.893. The van der Waals surface area contributed by atoms with Gasteiger partial charge in [-0.05, 0) is 44.4 Å². The second kappa shape index (κ2) is 7.06. The van der Waals surface area contributed by atoms with Crippen LogP contribution in [0.2, 0.25) is 0 Å². The molecule has 2 nitrogen and oxygen atoms in total. The zero-order chi connectivity index (χ0) is 13.7. The van der Waals surface area contributed by atoms with E-state index in [-0.39, 0.29) is 0 Å². The lowest BCUT2D eigenvalue weighted by Crippen LogP contribution is -2.39. The smallest absolute Gasteiger partial charge is 0.0239 e. The van der Waals surface area contributed by atoms with E-state index in [9.17, 15) is 0 Å². The van der Waals surface area contributed by atoms with Crippen molar-refractivity contribution < 1.29 is 0 Å². The van der Waals surface area contributed by atoms with Gasteiger partial charge in [-0.15, -0.1) is 0 Å². The Morgan fingerprint density at radius 1 is 1.32 bits per heavy atom. The van der Waals surface area contributed by atoms with E-state index in [1.807, 2.05) is 0 Å². The Kier molecular flexibility index (Phi) is 5.41. The highest BCUT2D eigenvalue weighted by Gasteiger charge is 2.22. The van der Waals surface area contributed by atoms with Crippen LogP contribution in [0.4, 0.5) is 0 Å². The van der Waals surface area contributed by atoms with Crippen LogP contribution in [0.5, 0.6) is 0 Å². The molecule has 0 saturated carbocycles. The summed E-state index contributed by atoms with van der Waals surface area (Å²) in [7, 11) is 0. The van der Waals surface area contributed by atoms with Crippen LogP contribution in [0.3, 0.4) is 0 Å². The number of benzene rings is 1. The SMILES string of the molecule is CCCC1CN(Cc2ccccc2C)C(C)CCN1. The minimum absolute atomic E-state index is 0.666. The van der Waals surface area contributed by atoms with Crippen LogP contribution < -0.4 is 5.32 Å². The predicted octanol–water partition coefficient (Wildman–Crippen LogP) is 3.35. The average molecular weight is 260 g/mol. The first-order valence-corrected chi connectivity index (χ1v) is 7.72. The topological polar surface area (TPSA) is 15.3 Å². The van der Waals surface area contributed by atoms with Gasteiger partial charge in [-0.25, -0.2) is 0 Å². The molecule has 1 heterocycles. The van der Waals surface area contributed by atoms with Gasteiger partial charge < -0.3 is 5.32 Å². The second-order valence-electron chi connectivity index (χ2n) is 5.93. The Labute approximate surface area is 118 Å². The molecule has 0 aromatic heterocycles. The molecule has 0 aliphatic carbocycles. The zero-order valence-corrected chi connectivity index (χ0v) is 12.7. The van der Waals surface area contributed by atoms with Crippen molar-refractivity contribution in [2.45, 2.75) is 58.7 Å². The highest BCUT2D eigenvalue weighted by molar-refractivity contribution is 5.25. The first-order chi connectivity index (χ1) is 9.20. The number of aryl methyl sites for hydroxylation is 1. The average Bonchev–Trinajstić information content (AvgIpc) is 2.56. The summed E-state index contributed by atoms with van der Waals surface area (Å²) in [6.07, 6.45) is 3.81. The minimum atomic E-state index is 0.666. The van der Waals surface area contributed by atoms with Crippen molar-refractivity contribution >= 4 is 0 Å². The maximum Gasteiger partial charge on any atom is 0.0239 e. The van der Waals surface area contributed by atoms with Gasteiger partial charge in [0.1, 0.15) is 0 Å². The Hall–Kier alpha value is -0.860. The first-order valence-electron chi connectivity index (χ1n) is 7.72. The Morgan fingerprint density at radius 3 is 2.84 bits per heavy atom. The third-order valence-corrected chi connectivity index (χ3v) is 4.35. The van der Waals surface area contributed by atoms with Crippen molar-refractivity contribution in [2.75, 3.05) is 13.1 Å². The minimum Gasteiger partial charge on any atom is -0.313 e. The van der Waals surface area contributed by atoms with Gasteiger partial charge in [-0.1, -0.05) is 37.6 Å². The Bertz CT molecular complexity index is 389. The van der Waals surface area contributed by atoms with Gasteiger partial charge in [0.25, 0.3) is 0 Å². The fourth-order valence-corrected chi connectivity index (χ4v) is 2.97. The molecule has 2 heteroatoms. The lowest BCUT2D eigenvalue weighted by molar-refractivity contribution is 0.193. The molecule has 2 atom stereocenters. The number of hydrogen-bond acceptors (Lipinski definition) is 2. The van der Waals surface area contributed by atoms with Crippen molar-refractivity contribution in [3.05, 3.63) is 35.4 Å². The normalized spacial score (nSPS) is 25.2. The van der Waals surface area contributed by atoms with E-state index < -0.39 is 0 Å². The summed E-state index contributed by atoms with van der Waals surface area (Å²) in [5.74, 6) is 0. The summed E-state index contributed by atoms with van der Waals surface area (Å²) in [6, 6.07) is 10.1. The summed E-state index contributed by atoms with van der Waals surface area (Å²) in [6.45, 7) is 10.3. The molecule has 0 bridgehead atoms. The third kappa shape index (κ3) is 4.05. The number of nitrogens with one attached hydrogen (secondary N) is 1. The summed E-state index contributed by atoms with van der Waals surface area (Å²) >= 11 is 0. The fraction of sp³-hybridized carbons (Fsp3) is 0.647. The molecule has 19 heavy (non-hydrogen) atoms. The number of hydrogen-bond donors (Lipinski definition) is 1. The molecule has 1 saturated heterocycles. The predicted molar refractivity (Wildman–Crippen MR) is 82.4 cm³/mol. The van der Waals surface area contributed by atoms with Gasteiger partial charge in [0.05, 0.1) is 0 Å². The number of rotatable bonds is 4. The summed E-state index contributed by atoms with van der Waals surface area (Å²) in [5.41, 5.74) is 2.89. The molecular formula is C17H28N2. The number of nitrogens with zero attached hydrogens (tertiary/aromatic N) is 1. The molecule has 106 valence electrons. The van der Waals surface area contributed by atoms with Gasteiger partial charge in [-0.2, -0.15) is 0 Å². The summed E-state index contributed by atoms with van der Waals surface area (Å²) in [4.78, 5) is 2.66. The van der Waals surface area contributed by atoms with E-state index in [0.717, 1.165) is 13.1 Å². The molecule has 0 amide bonds. The Balaban J connectivity index is 2.05. The van der Waals surface area contributed by atoms with Crippen molar-refractivity contribution in [3.63, 3.8) is 0 Å². The molecule has 2 unspecified atom stereocenters. The van der Waals surface area contributed by atoms with Gasteiger partial charge in [0, 0.05) is 25.2 Å².